The standard InChI is InChI=1S/C32H29N3O2/c1-22-10-12-23(13-11-22)31(36)33-24-14-16-25(17-15-24)34-18-20-35(21-19-34)32(37)30-28-8-4-2-6-26(28)27-7-3-5-9-29(27)30/h2-17,30H,18-21H2,1H3,(H,33,36). The Morgan fingerprint density at radius 1 is 0.703 bits per heavy atom. The van der Waals surface area contributed by atoms with E-state index in [1.54, 1.807) is 0 Å². The first-order chi connectivity index (χ1) is 18.1. The highest BCUT2D eigenvalue weighted by molar-refractivity contribution is 6.04. The van der Waals surface area contributed by atoms with Gasteiger partial charge in [0.15, 0.2) is 0 Å². The van der Waals surface area contributed by atoms with Crippen molar-refractivity contribution in [3.8, 4) is 11.1 Å². The largest absolute Gasteiger partial charge is 0.368 e. The summed E-state index contributed by atoms with van der Waals surface area (Å²) in [5.74, 6) is -0.156. The maximum absolute atomic E-state index is 13.7. The number of piperazine rings is 1. The number of hydrogen-bond donors (Lipinski definition) is 1. The number of rotatable bonds is 4. The molecule has 1 aliphatic heterocycles. The van der Waals surface area contributed by atoms with Crippen molar-refractivity contribution < 1.29 is 9.59 Å². The van der Waals surface area contributed by atoms with Gasteiger partial charge in [-0.1, -0.05) is 66.2 Å². The Bertz CT molecular complexity index is 1410. The number of aryl methyl sites for hydroxylation is 1. The summed E-state index contributed by atoms with van der Waals surface area (Å²) in [6, 6.07) is 32.0. The van der Waals surface area contributed by atoms with Crippen LogP contribution in [0.2, 0.25) is 0 Å². The van der Waals surface area contributed by atoms with Gasteiger partial charge in [0.1, 0.15) is 0 Å². The van der Waals surface area contributed by atoms with Crippen LogP contribution < -0.4 is 10.2 Å². The predicted molar refractivity (Wildman–Crippen MR) is 148 cm³/mol. The summed E-state index contributed by atoms with van der Waals surface area (Å²) in [7, 11) is 0. The van der Waals surface area contributed by atoms with Crippen LogP contribution in [0.4, 0.5) is 11.4 Å². The van der Waals surface area contributed by atoms with Crippen molar-refractivity contribution in [1.82, 2.24) is 4.90 Å². The maximum Gasteiger partial charge on any atom is 0.255 e. The third kappa shape index (κ3) is 4.38. The minimum absolute atomic E-state index is 0.116. The first kappa shape index (κ1) is 23.0. The van der Waals surface area contributed by atoms with E-state index in [9.17, 15) is 9.59 Å². The quantitative estimate of drug-likeness (QED) is 0.401. The molecule has 1 N–H and O–H groups in total. The fourth-order valence-corrected chi connectivity index (χ4v) is 5.45. The second kappa shape index (κ2) is 9.58. The molecule has 1 fully saturated rings. The third-order valence-electron chi connectivity index (χ3n) is 7.48. The van der Waals surface area contributed by atoms with E-state index in [1.807, 2.05) is 84.6 Å². The van der Waals surface area contributed by atoms with Gasteiger partial charge >= 0.3 is 0 Å². The van der Waals surface area contributed by atoms with Crippen molar-refractivity contribution in [2.24, 2.45) is 0 Å². The first-order valence-electron chi connectivity index (χ1n) is 12.8. The molecule has 1 saturated heterocycles. The highest BCUT2D eigenvalue weighted by Gasteiger charge is 2.36. The number of nitrogens with zero attached hydrogens (tertiary/aromatic N) is 2. The van der Waals surface area contributed by atoms with E-state index < -0.39 is 0 Å². The molecule has 0 saturated carbocycles. The monoisotopic (exact) mass is 487 g/mol. The molecule has 5 nitrogen and oxygen atoms in total. The van der Waals surface area contributed by atoms with E-state index in [0.717, 1.165) is 41.2 Å². The van der Waals surface area contributed by atoms with Crippen molar-refractivity contribution in [1.29, 1.82) is 0 Å². The van der Waals surface area contributed by atoms with Gasteiger partial charge in [0, 0.05) is 43.1 Å². The van der Waals surface area contributed by atoms with Gasteiger partial charge in [-0.15, -0.1) is 0 Å². The molecule has 1 aliphatic carbocycles. The molecule has 0 unspecified atom stereocenters. The van der Waals surface area contributed by atoms with E-state index in [4.69, 9.17) is 0 Å². The SMILES string of the molecule is Cc1ccc(C(=O)Nc2ccc(N3CCN(C(=O)C4c5ccccc5-c5ccccc54)CC3)cc2)cc1. The molecule has 4 aromatic carbocycles. The van der Waals surface area contributed by atoms with E-state index in [2.05, 4.69) is 34.5 Å². The maximum atomic E-state index is 13.7. The molecular weight excluding hydrogens is 458 g/mol. The minimum Gasteiger partial charge on any atom is -0.368 e. The highest BCUT2D eigenvalue weighted by Crippen LogP contribution is 2.45. The molecule has 0 atom stereocenters. The molecule has 0 aromatic heterocycles. The van der Waals surface area contributed by atoms with Crippen molar-refractivity contribution >= 4 is 23.2 Å². The van der Waals surface area contributed by atoms with E-state index in [0.29, 0.717) is 18.7 Å². The molecule has 37 heavy (non-hydrogen) atoms. The summed E-state index contributed by atoms with van der Waals surface area (Å²) in [4.78, 5) is 30.5. The Morgan fingerprint density at radius 2 is 1.27 bits per heavy atom. The predicted octanol–water partition coefficient (Wildman–Crippen LogP) is 5.71. The fraction of sp³-hybridized carbons (Fsp3) is 0.188. The average molecular weight is 488 g/mol. The van der Waals surface area contributed by atoms with Crippen LogP contribution in [0.25, 0.3) is 11.1 Å². The lowest BCUT2D eigenvalue weighted by Gasteiger charge is -2.37. The van der Waals surface area contributed by atoms with Gasteiger partial charge in [-0.25, -0.2) is 0 Å². The van der Waals surface area contributed by atoms with Crippen LogP contribution in [0.1, 0.15) is 33.0 Å². The lowest BCUT2D eigenvalue weighted by molar-refractivity contribution is -0.132. The van der Waals surface area contributed by atoms with E-state index >= 15 is 0 Å². The topological polar surface area (TPSA) is 52.7 Å². The Balaban J connectivity index is 1.10. The van der Waals surface area contributed by atoms with Crippen molar-refractivity contribution in [2.45, 2.75) is 12.8 Å². The third-order valence-corrected chi connectivity index (χ3v) is 7.48. The number of carbonyl (C=O) groups excluding carboxylic acids is 2. The summed E-state index contributed by atoms with van der Waals surface area (Å²) >= 11 is 0. The van der Waals surface area contributed by atoms with Crippen LogP contribution in [0.15, 0.2) is 97.1 Å². The molecule has 2 aliphatic rings. The molecule has 4 aromatic rings. The average Bonchev–Trinajstić information content (AvgIpc) is 3.28. The Kier molecular flexibility index (Phi) is 5.97. The van der Waals surface area contributed by atoms with Crippen LogP contribution in [0.3, 0.4) is 0 Å². The summed E-state index contributed by atoms with van der Waals surface area (Å²) in [6.45, 7) is 4.92. The summed E-state index contributed by atoms with van der Waals surface area (Å²) < 4.78 is 0. The molecule has 0 bridgehead atoms. The minimum atomic E-state index is -0.227. The van der Waals surface area contributed by atoms with Gasteiger partial charge < -0.3 is 15.1 Å². The van der Waals surface area contributed by atoms with Crippen LogP contribution in [-0.2, 0) is 4.79 Å². The molecule has 0 radical (unpaired) electrons. The zero-order chi connectivity index (χ0) is 25.4. The van der Waals surface area contributed by atoms with Crippen LogP contribution in [0, 0.1) is 6.92 Å². The van der Waals surface area contributed by atoms with Gasteiger partial charge in [-0.3, -0.25) is 9.59 Å². The van der Waals surface area contributed by atoms with E-state index in [1.165, 1.54) is 11.1 Å². The molecule has 184 valence electrons. The molecule has 2 amide bonds. The first-order valence-corrected chi connectivity index (χ1v) is 12.8. The Labute approximate surface area is 217 Å². The van der Waals surface area contributed by atoms with Gasteiger partial charge in [0.2, 0.25) is 5.91 Å². The lowest BCUT2D eigenvalue weighted by atomic mass is 9.95. The fourth-order valence-electron chi connectivity index (χ4n) is 5.45. The number of carbonyl (C=O) groups is 2. The molecule has 6 rings (SSSR count). The highest BCUT2D eigenvalue weighted by atomic mass is 16.2. The van der Waals surface area contributed by atoms with Crippen LogP contribution in [0.5, 0.6) is 0 Å². The summed E-state index contributed by atoms with van der Waals surface area (Å²) in [6.07, 6.45) is 0. The second-order valence-electron chi connectivity index (χ2n) is 9.79. The van der Waals surface area contributed by atoms with Crippen LogP contribution >= 0.6 is 0 Å². The number of benzene rings is 4. The number of nitrogens with one attached hydrogen (secondary N) is 1. The molecule has 5 heteroatoms. The Hall–Kier alpha value is -4.38. The smallest absolute Gasteiger partial charge is 0.255 e. The summed E-state index contributed by atoms with van der Waals surface area (Å²) in [5.41, 5.74) is 8.19. The molecule has 0 spiro atoms. The molecular formula is C32H29N3O2. The zero-order valence-corrected chi connectivity index (χ0v) is 20.9. The van der Waals surface area contributed by atoms with Crippen LogP contribution in [-0.4, -0.2) is 42.9 Å². The van der Waals surface area contributed by atoms with Gasteiger partial charge in [-0.05, 0) is 65.6 Å². The van der Waals surface area contributed by atoms with Gasteiger partial charge in [-0.2, -0.15) is 0 Å². The van der Waals surface area contributed by atoms with Crippen molar-refractivity contribution in [2.75, 3.05) is 36.4 Å². The van der Waals surface area contributed by atoms with Gasteiger partial charge in [0.25, 0.3) is 5.91 Å². The van der Waals surface area contributed by atoms with Crippen molar-refractivity contribution in [3.63, 3.8) is 0 Å². The lowest BCUT2D eigenvalue weighted by Crippen LogP contribution is -2.50. The molecule has 1 heterocycles. The number of fused-ring (bicyclic) bond motifs is 3. The normalized spacial score (nSPS) is 14.7. The zero-order valence-electron chi connectivity index (χ0n) is 20.9. The summed E-state index contributed by atoms with van der Waals surface area (Å²) in [5, 5.41) is 2.97. The van der Waals surface area contributed by atoms with Gasteiger partial charge in [0.05, 0.1) is 5.92 Å². The number of anilines is 2. The second-order valence-corrected chi connectivity index (χ2v) is 9.79. The number of amides is 2. The Morgan fingerprint density at radius 3 is 1.86 bits per heavy atom. The van der Waals surface area contributed by atoms with Crippen molar-refractivity contribution in [3.05, 3.63) is 119 Å². The van der Waals surface area contributed by atoms with E-state index in [-0.39, 0.29) is 17.7 Å². The number of hydrogen-bond acceptors (Lipinski definition) is 3.